The molecule has 8 rings (SSSR count). The molecule has 0 spiro atoms. The van der Waals surface area contributed by atoms with Gasteiger partial charge in [0, 0.05) is 22.8 Å². The highest BCUT2D eigenvalue weighted by atomic mass is 15.0. The highest BCUT2D eigenvalue weighted by molar-refractivity contribution is 6.06. The van der Waals surface area contributed by atoms with Crippen molar-refractivity contribution in [1.82, 2.24) is 19.9 Å². The molecule has 4 heterocycles. The third-order valence-corrected chi connectivity index (χ3v) is 8.10. The number of fused-ring (bicyclic) bond motifs is 3. The lowest BCUT2D eigenvalue weighted by molar-refractivity contribution is 0.722. The Balaban J connectivity index is 1.23. The molecular weight excluding hydrogens is 524 g/mol. The van der Waals surface area contributed by atoms with E-state index in [4.69, 9.17) is 9.97 Å². The second-order valence-corrected chi connectivity index (χ2v) is 10.8. The van der Waals surface area contributed by atoms with Crippen LogP contribution in [0.3, 0.4) is 0 Å². The summed E-state index contributed by atoms with van der Waals surface area (Å²) in [4.78, 5) is 9.85. The van der Waals surface area contributed by atoms with E-state index in [2.05, 4.69) is 143 Å². The van der Waals surface area contributed by atoms with Crippen molar-refractivity contribution in [3.05, 3.63) is 164 Å². The number of hydrogen-bond donors (Lipinski definition) is 1. The van der Waals surface area contributed by atoms with Gasteiger partial charge in [-0.3, -0.25) is 9.97 Å². The Kier molecular flexibility index (Phi) is 6.16. The van der Waals surface area contributed by atoms with Gasteiger partial charge in [0.1, 0.15) is 0 Å². The molecule has 4 nitrogen and oxygen atoms in total. The standard InChI is InChI=1S/C39H28N4/c1-2-10-27(11-3-1)29-12-8-13-30(24-29)31-25-35(42-36(26-31)34-15-6-7-22-40-34)28-18-20-32(21-19-28)43-37-16-5-4-14-33(37)39-38(43)17-9-23-41-39/h1-26,34,40H. The van der Waals surface area contributed by atoms with E-state index in [1.165, 1.54) is 11.1 Å². The fraction of sp³-hybridized carbons (Fsp3) is 0.0256. The molecule has 0 bridgehead atoms. The first kappa shape index (κ1) is 25.0. The van der Waals surface area contributed by atoms with E-state index in [1.54, 1.807) is 0 Å². The first-order chi connectivity index (χ1) is 21.3. The van der Waals surface area contributed by atoms with Crippen LogP contribution in [0.25, 0.3) is 61.1 Å². The number of benzene rings is 4. The highest BCUT2D eigenvalue weighted by Crippen LogP contribution is 2.34. The Hall–Kier alpha value is -5.74. The molecular formula is C39H28N4. The van der Waals surface area contributed by atoms with Crippen LogP contribution in [0.15, 0.2) is 158 Å². The topological polar surface area (TPSA) is 42.7 Å². The summed E-state index contributed by atoms with van der Waals surface area (Å²) in [7, 11) is 0. The van der Waals surface area contributed by atoms with E-state index in [1.807, 2.05) is 24.5 Å². The minimum absolute atomic E-state index is 0.00498. The van der Waals surface area contributed by atoms with Crippen LogP contribution >= 0.6 is 0 Å². The van der Waals surface area contributed by atoms with Gasteiger partial charge in [-0.2, -0.15) is 0 Å². The van der Waals surface area contributed by atoms with Gasteiger partial charge in [0.15, 0.2) is 0 Å². The average Bonchev–Trinajstić information content (AvgIpc) is 3.43. The fourth-order valence-corrected chi connectivity index (χ4v) is 6.01. The molecule has 1 aliphatic heterocycles. The van der Waals surface area contributed by atoms with Gasteiger partial charge >= 0.3 is 0 Å². The molecule has 0 amide bonds. The Labute approximate surface area is 250 Å². The summed E-state index contributed by atoms with van der Waals surface area (Å²) in [5, 5.41) is 4.61. The number of hydrogen-bond acceptors (Lipinski definition) is 3. The molecule has 3 aromatic heterocycles. The molecule has 4 aromatic carbocycles. The number of aromatic nitrogens is 3. The molecule has 1 aliphatic rings. The maximum Gasteiger partial charge on any atom is 0.0963 e. The average molecular weight is 553 g/mol. The SMILES string of the molecule is C1=CNC(c2cc(-c3cccc(-c4ccccc4)c3)cc(-c3ccc(-n4c5ccccc5c5ncccc54)cc3)n2)C=C1. The van der Waals surface area contributed by atoms with Crippen molar-refractivity contribution >= 4 is 21.9 Å². The largest absolute Gasteiger partial charge is 0.379 e. The van der Waals surface area contributed by atoms with Crippen molar-refractivity contribution in [1.29, 1.82) is 0 Å². The van der Waals surface area contributed by atoms with Crippen LogP contribution < -0.4 is 5.32 Å². The van der Waals surface area contributed by atoms with Crippen LogP contribution in [0.1, 0.15) is 11.7 Å². The second kappa shape index (κ2) is 10.6. The monoisotopic (exact) mass is 552 g/mol. The van der Waals surface area contributed by atoms with Gasteiger partial charge < -0.3 is 9.88 Å². The molecule has 1 atom stereocenters. The van der Waals surface area contributed by atoms with Crippen molar-refractivity contribution in [3.63, 3.8) is 0 Å². The zero-order valence-electron chi connectivity index (χ0n) is 23.4. The van der Waals surface area contributed by atoms with Gasteiger partial charge in [0.05, 0.1) is 34.0 Å². The molecule has 7 aromatic rings. The van der Waals surface area contributed by atoms with Crippen LogP contribution in [-0.2, 0) is 0 Å². The minimum atomic E-state index is 0.00498. The zero-order valence-corrected chi connectivity index (χ0v) is 23.4. The van der Waals surface area contributed by atoms with Crippen LogP contribution in [0.4, 0.5) is 0 Å². The summed E-state index contributed by atoms with van der Waals surface area (Å²) in [6.07, 6.45) is 10.1. The van der Waals surface area contributed by atoms with E-state index in [9.17, 15) is 0 Å². The van der Waals surface area contributed by atoms with E-state index in [0.29, 0.717) is 0 Å². The van der Waals surface area contributed by atoms with Gasteiger partial charge in [0.25, 0.3) is 0 Å². The number of pyridine rings is 2. The molecule has 43 heavy (non-hydrogen) atoms. The Bertz CT molecular complexity index is 2100. The van der Waals surface area contributed by atoms with Gasteiger partial charge in [-0.15, -0.1) is 0 Å². The molecule has 1 unspecified atom stereocenters. The van der Waals surface area contributed by atoms with Crippen LogP contribution in [-0.4, -0.2) is 14.5 Å². The molecule has 0 aliphatic carbocycles. The number of dihydropyridines is 1. The third kappa shape index (κ3) is 4.59. The number of nitrogens with one attached hydrogen (secondary N) is 1. The van der Waals surface area contributed by atoms with Crippen LogP contribution in [0, 0.1) is 0 Å². The predicted octanol–water partition coefficient (Wildman–Crippen LogP) is 9.29. The Morgan fingerprint density at radius 1 is 0.581 bits per heavy atom. The van der Waals surface area contributed by atoms with E-state index >= 15 is 0 Å². The van der Waals surface area contributed by atoms with Gasteiger partial charge in [-0.25, -0.2) is 0 Å². The van der Waals surface area contributed by atoms with Crippen molar-refractivity contribution in [2.75, 3.05) is 0 Å². The molecule has 204 valence electrons. The first-order valence-electron chi connectivity index (χ1n) is 14.5. The van der Waals surface area contributed by atoms with Crippen molar-refractivity contribution in [2.24, 2.45) is 0 Å². The Morgan fingerprint density at radius 2 is 1.35 bits per heavy atom. The summed E-state index contributed by atoms with van der Waals surface area (Å²) in [6.45, 7) is 0. The van der Waals surface area contributed by atoms with Crippen molar-refractivity contribution in [3.8, 4) is 39.2 Å². The van der Waals surface area contributed by atoms with Crippen LogP contribution in [0.5, 0.6) is 0 Å². The zero-order chi connectivity index (χ0) is 28.6. The normalized spacial score (nSPS) is 14.3. The fourth-order valence-electron chi connectivity index (χ4n) is 6.01. The predicted molar refractivity (Wildman–Crippen MR) is 177 cm³/mol. The van der Waals surface area contributed by atoms with E-state index in [-0.39, 0.29) is 6.04 Å². The van der Waals surface area contributed by atoms with Crippen LogP contribution in [0.2, 0.25) is 0 Å². The molecule has 0 radical (unpaired) electrons. The summed E-state index contributed by atoms with van der Waals surface area (Å²) in [5.41, 5.74) is 12.1. The molecule has 4 heteroatoms. The lowest BCUT2D eigenvalue weighted by atomic mass is 9.96. The summed E-state index contributed by atoms with van der Waals surface area (Å²) in [6, 6.07) is 45.0. The van der Waals surface area contributed by atoms with Crippen molar-refractivity contribution < 1.29 is 0 Å². The number of para-hydroxylation sites is 1. The summed E-state index contributed by atoms with van der Waals surface area (Å²) in [5.74, 6) is 0. The Morgan fingerprint density at radius 3 is 2.19 bits per heavy atom. The van der Waals surface area contributed by atoms with E-state index < -0.39 is 0 Å². The second-order valence-electron chi connectivity index (χ2n) is 10.8. The molecule has 0 fully saturated rings. The molecule has 0 saturated carbocycles. The lowest BCUT2D eigenvalue weighted by Crippen LogP contribution is -2.16. The quantitative estimate of drug-likeness (QED) is 0.231. The van der Waals surface area contributed by atoms with Gasteiger partial charge in [-0.1, -0.05) is 91.0 Å². The van der Waals surface area contributed by atoms with Gasteiger partial charge in [-0.05, 0) is 83.1 Å². The third-order valence-electron chi connectivity index (χ3n) is 8.10. The molecule has 1 N–H and O–H groups in total. The number of nitrogens with zero attached hydrogens (tertiary/aromatic N) is 3. The maximum atomic E-state index is 5.16. The summed E-state index contributed by atoms with van der Waals surface area (Å²) >= 11 is 0. The highest BCUT2D eigenvalue weighted by Gasteiger charge is 2.16. The first-order valence-corrected chi connectivity index (χ1v) is 14.5. The number of allylic oxidation sites excluding steroid dienone is 2. The summed E-state index contributed by atoms with van der Waals surface area (Å²) < 4.78 is 2.29. The van der Waals surface area contributed by atoms with Gasteiger partial charge in [0.2, 0.25) is 0 Å². The molecule has 0 saturated heterocycles. The minimum Gasteiger partial charge on any atom is -0.379 e. The van der Waals surface area contributed by atoms with E-state index in [0.717, 1.165) is 55.7 Å². The van der Waals surface area contributed by atoms with Crippen molar-refractivity contribution in [2.45, 2.75) is 6.04 Å². The maximum absolute atomic E-state index is 5.16. The number of rotatable bonds is 5. The smallest absolute Gasteiger partial charge is 0.0963 e. The lowest BCUT2D eigenvalue weighted by Gasteiger charge is -2.18.